The van der Waals surface area contributed by atoms with Crippen LogP contribution in [0.4, 0.5) is 0 Å². The van der Waals surface area contributed by atoms with Gasteiger partial charge in [0.05, 0.1) is 5.69 Å². The van der Waals surface area contributed by atoms with Gasteiger partial charge in [-0.05, 0) is 24.0 Å². The van der Waals surface area contributed by atoms with Crippen molar-refractivity contribution in [2.45, 2.75) is 33.1 Å². The second-order valence-electron chi connectivity index (χ2n) is 5.34. The van der Waals surface area contributed by atoms with Gasteiger partial charge in [-0.25, -0.2) is 0 Å². The molecule has 0 unspecified atom stereocenters. The zero-order chi connectivity index (χ0) is 13.3. The van der Waals surface area contributed by atoms with Gasteiger partial charge in [0.15, 0.2) is 0 Å². The standard InChI is InChI=1S/C14H16N2OS/c1-9-7-5-6-8-10(9)11(17)12-13(14(2,3)4)15-16-18-12/h5-8H,1-4H3. The van der Waals surface area contributed by atoms with Gasteiger partial charge in [0.25, 0.3) is 0 Å². The summed E-state index contributed by atoms with van der Waals surface area (Å²) in [6.45, 7) is 8.06. The summed E-state index contributed by atoms with van der Waals surface area (Å²) in [5.74, 6) is 0.0213. The third-order valence-electron chi connectivity index (χ3n) is 2.79. The van der Waals surface area contributed by atoms with Crippen LogP contribution in [0.1, 0.15) is 47.3 Å². The molecule has 0 radical (unpaired) electrons. The van der Waals surface area contributed by atoms with Crippen LogP contribution >= 0.6 is 11.5 Å². The number of rotatable bonds is 2. The molecular weight excluding hydrogens is 244 g/mol. The predicted molar refractivity (Wildman–Crippen MR) is 73.2 cm³/mol. The minimum Gasteiger partial charge on any atom is -0.288 e. The van der Waals surface area contributed by atoms with Crippen molar-refractivity contribution in [1.82, 2.24) is 9.59 Å². The molecule has 1 aromatic heterocycles. The Bertz CT molecular complexity index is 581. The first kappa shape index (κ1) is 12.9. The average Bonchev–Trinajstić information content (AvgIpc) is 2.77. The van der Waals surface area contributed by atoms with E-state index in [9.17, 15) is 4.79 Å². The molecule has 0 bridgehead atoms. The topological polar surface area (TPSA) is 42.9 Å². The highest BCUT2D eigenvalue weighted by atomic mass is 32.1. The van der Waals surface area contributed by atoms with Crippen molar-refractivity contribution < 1.29 is 4.79 Å². The molecule has 0 aliphatic rings. The zero-order valence-electron chi connectivity index (χ0n) is 11.0. The van der Waals surface area contributed by atoms with Crippen molar-refractivity contribution >= 4 is 17.3 Å². The lowest BCUT2D eigenvalue weighted by Crippen LogP contribution is -2.17. The first-order valence-electron chi connectivity index (χ1n) is 5.84. The summed E-state index contributed by atoms with van der Waals surface area (Å²) >= 11 is 1.18. The Balaban J connectivity index is 2.48. The maximum atomic E-state index is 12.5. The second kappa shape index (κ2) is 4.61. The molecule has 0 N–H and O–H groups in total. The van der Waals surface area contributed by atoms with E-state index >= 15 is 0 Å². The van der Waals surface area contributed by atoms with Crippen LogP contribution in [0.25, 0.3) is 0 Å². The fraction of sp³-hybridized carbons (Fsp3) is 0.357. The normalized spacial score (nSPS) is 11.6. The SMILES string of the molecule is Cc1ccccc1C(=O)c1snnc1C(C)(C)C. The molecule has 18 heavy (non-hydrogen) atoms. The van der Waals surface area contributed by atoms with E-state index < -0.39 is 0 Å². The molecule has 1 heterocycles. The van der Waals surface area contributed by atoms with Crippen LogP contribution < -0.4 is 0 Å². The molecule has 1 aromatic carbocycles. The Kier molecular flexibility index (Phi) is 3.30. The average molecular weight is 260 g/mol. The van der Waals surface area contributed by atoms with Crippen molar-refractivity contribution in [2.24, 2.45) is 0 Å². The van der Waals surface area contributed by atoms with Gasteiger partial charge in [0, 0.05) is 11.0 Å². The Labute approximate surface area is 111 Å². The van der Waals surface area contributed by atoms with E-state index in [1.165, 1.54) is 11.5 Å². The van der Waals surface area contributed by atoms with Gasteiger partial charge >= 0.3 is 0 Å². The van der Waals surface area contributed by atoms with Gasteiger partial charge in [-0.15, -0.1) is 5.10 Å². The summed E-state index contributed by atoms with van der Waals surface area (Å²) in [5.41, 5.74) is 2.33. The summed E-state index contributed by atoms with van der Waals surface area (Å²) in [6.07, 6.45) is 0. The highest BCUT2D eigenvalue weighted by molar-refractivity contribution is 7.08. The molecule has 2 rings (SSSR count). The smallest absolute Gasteiger partial charge is 0.206 e. The number of aryl methyl sites for hydroxylation is 1. The molecule has 0 atom stereocenters. The van der Waals surface area contributed by atoms with E-state index in [4.69, 9.17) is 0 Å². The van der Waals surface area contributed by atoms with E-state index in [-0.39, 0.29) is 11.2 Å². The highest BCUT2D eigenvalue weighted by Crippen LogP contribution is 2.28. The molecular formula is C14H16N2OS. The molecule has 4 heteroatoms. The third-order valence-corrected chi connectivity index (χ3v) is 3.52. The molecule has 0 saturated carbocycles. The number of hydrogen-bond acceptors (Lipinski definition) is 4. The Morgan fingerprint density at radius 2 is 1.89 bits per heavy atom. The monoisotopic (exact) mass is 260 g/mol. The third kappa shape index (κ3) is 2.34. The molecule has 0 spiro atoms. The molecule has 3 nitrogen and oxygen atoms in total. The maximum absolute atomic E-state index is 12.5. The number of hydrogen-bond donors (Lipinski definition) is 0. The zero-order valence-corrected chi connectivity index (χ0v) is 11.8. The second-order valence-corrected chi connectivity index (χ2v) is 6.10. The van der Waals surface area contributed by atoms with E-state index in [2.05, 4.69) is 9.59 Å². The maximum Gasteiger partial charge on any atom is 0.206 e. The molecule has 0 aliphatic heterocycles. The summed E-state index contributed by atoms with van der Waals surface area (Å²) < 4.78 is 3.94. The first-order valence-corrected chi connectivity index (χ1v) is 6.62. The van der Waals surface area contributed by atoms with Crippen LogP contribution in [0.5, 0.6) is 0 Å². The van der Waals surface area contributed by atoms with Gasteiger partial charge in [0.1, 0.15) is 4.88 Å². The number of benzene rings is 1. The number of nitrogens with zero attached hydrogens (tertiary/aromatic N) is 2. The first-order chi connectivity index (χ1) is 8.41. The highest BCUT2D eigenvalue weighted by Gasteiger charge is 2.27. The van der Waals surface area contributed by atoms with Crippen LogP contribution in [0.2, 0.25) is 0 Å². The minimum atomic E-state index is -0.166. The van der Waals surface area contributed by atoms with E-state index in [0.717, 1.165) is 16.8 Å². The van der Waals surface area contributed by atoms with Crippen LogP contribution in [0.15, 0.2) is 24.3 Å². The molecule has 0 saturated heterocycles. The van der Waals surface area contributed by atoms with Crippen LogP contribution in [0.3, 0.4) is 0 Å². The minimum absolute atomic E-state index is 0.0213. The van der Waals surface area contributed by atoms with E-state index in [0.29, 0.717) is 4.88 Å². The Morgan fingerprint density at radius 1 is 1.22 bits per heavy atom. The van der Waals surface area contributed by atoms with Crippen molar-refractivity contribution in [3.63, 3.8) is 0 Å². The van der Waals surface area contributed by atoms with Crippen LogP contribution in [-0.2, 0) is 5.41 Å². The van der Waals surface area contributed by atoms with E-state index in [1.54, 1.807) is 0 Å². The fourth-order valence-corrected chi connectivity index (χ4v) is 2.61. The lowest BCUT2D eigenvalue weighted by Gasteiger charge is -2.16. The largest absolute Gasteiger partial charge is 0.288 e. The molecule has 0 fully saturated rings. The number of carbonyl (C=O) groups is 1. The van der Waals surface area contributed by atoms with E-state index in [1.807, 2.05) is 52.0 Å². The van der Waals surface area contributed by atoms with Crippen molar-refractivity contribution in [3.05, 3.63) is 46.0 Å². The van der Waals surface area contributed by atoms with Gasteiger partial charge in [-0.3, -0.25) is 4.79 Å². The van der Waals surface area contributed by atoms with Crippen LogP contribution in [0, 0.1) is 6.92 Å². The van der Waals surface area contributed by atoms with Crippen molar-refractivity contribution in [3.8, 4) is 0 Å². The Morgan fingerprint density at radius 3 is 2.50 bits per heavy atom. The molecule has 0 amide bonds. The summed E-state index contributed by atoms with van der Waals surface area (Å²) in [6, 6.07) is 7.61. The van der Waals surface area contributed by atoms with Gasteiger partial charge in [0.2, 0.25) is 5.78 Å². The van der Waals surface area contributed by atoms with Gasteiger partial charge in [-0.1, -0.05) is 49.5 Å². The fourth-order valence-electron chi connectivity index (χ4n) is 1.78. The predicted octanol–water partition coefficient (Wildman–Crippen LogP) is 3.38. The summed E-state index contributed by atoms with van der Waals surface area (Å²) in [4.78, 5) is 13.2. The molecule has 94 valence electrons. The lowest BCUT2D eigenvalue weighted by atomic mass is 9.89. The lowest BCUT2D eigenvalue weighted by molar-refractivity contribution is 0.103. The quantitative estimate of drug-likeness (QED) is 0.777. The van der Waals surface area contributed by atoms with Crippen molar-refractivity contribution in [2.75, 3.05) is 0 Å². The summed E-state index contributed by atoms with van der Waals surface area (Å²) in [7, 11) is 0. The molecule has 2 aromatic rings. The summed E-state index contributed by atoms with van der Waals surface area (Å²) in [5, 5.41) is 4.11. The number of aromatic nitrogens is 2. The Hall–Kier alpha value is -1.55. The number of carbonyl (C=O) groups excluding carboxylic acids is 1. The number of ketones is 1. The van der Waals surface area contributed by atoms with Gasteiger partial charge < -0.3 is 0 Å². The van der Waals surface area contributed by atoms with Gasteiger partial charge in [-0.2, -0.15) is 0 Å². The van der Waals surface area contributed by atoms with Crippen LogP contribution in [-0.4, -0.2) is 15.4 Å². The van der Waals surface area contributed by atoms with Crippen molar-refractivity contribution in [1.29, 1.82) is 0 Å². The molecule has 0 aliphatic carbocycles.